The number of rotatable bonds is 10. The van der Waals surface area contributed by atoms with Crippen LogP contribution in [0, 0.1) is 6.92 Å². The molecule has 154 valence electrons. The highest BCUT2D eigenvalue weighted by molar-refractivity contribution is 7.99. The molecule has 0 spiro atoms. The predicted molar refractivity (Wildman–Crippen MR) is 119 cm³/mol. The van der Waals surface area contributed by atoms with Crippen molar-refractivity contribution in [1.82, 2.24) is 25.2 Å². The van der Waals surface area contributed by atoms with Crippen molar-refractivity contribution in [2.75, 3.05) is 11.1 Å². The summed E-state index contributed by atoms with van der Waals surface area (Å²) in [6.45, 7) is 6.93. The minimum Gasteiger partial charge on any atom is -0.378 e. The van der Waals surface area contributed by atoms with Crippen LogP contribution in [0.2, 0.25) is 0 Å². The third-order valence-electron chi connectivity index (χ3n) is 4.05. The van der Waals surface area contributed by atoms with Crippen molar-refractivity contribution in [3.8, 4) is 0 Å². The van der Waals surface area contributed by atoms with Gasteiger partial charge in [0.25, 0.3) is 5.91 Å². The summed E-state index contributed by atoms with van der Waals surface area (Å²) in [6, 6.07) is 11.7. The monoisotopic (exact) mass is 421 g/mol. The average Bonchev–Trinajstić information content (AvgIpc) is 3.14. The molecular weight excluding hydrogens is 398 g/mol. The highest BCUT2D eigenvalue weighted by Crippen LogP contribution is 2.18. The maximum atomic E-state index is 12.1. The highest BCUT2D eigenvalue weighted by atomic mass is 32.2. The largest absolute Gasteiger partial charge is 0.378 e. The maximum Gasteiger partial charge on any atom is 0.250 e. The van der Waals surface area contributed by atoms with E-state index in [1.54, 1.807) is 36.8 Å². The fraction of sp³-hybridized carbons (Fsp3) is 0.190. The number of nitrogens with zero attached hydrogens (tertiary/aromatic N) is 5. The Morgan fingerprint density at radius 2 is 1.97 bits per heavy atom. The van der Waals surface area contributed by atoms with Crippen LogP contribution in [0.25, 0.3) is 0 Å². The molecule has 9 heteroatoms. The lowest BCUT2D eigenvalue weighted by molar-refractivity contribution is -0.118. The SMILES string of the molecule is C=CCn1c(CNc2ccc(C)cc2)nnc1SCC(=O)N/N=C\c1ccncc1. The lowest BCUT2D eigenvalue weighted by Gasteiger charge is -2.09. The van der Waals surface area contributed by atoms with Crippen LogP contribution in [0.3, 0.4) is 0 Å². The van der Waals surface area contributed by atoms with E-state index in [1.165, 1.54) is 17.3 Å². The van der Waals surface area contributed by atoms with Crippen LogP contribution >= 0.6 is 11.8 Å². The van der Waals surface area contributed by atoms with Crippen LogP contribution in [0.1, 0.15) is 17.0 Å². The van der Waals surface area contributed by atoms with Crippen molar-refractivity contribution in [2.45, 2.75) is 25.2 Å². The molecule has 0 aliphatic carbocycles. The number of aryl methyl sites for hydroxylation is 1. The number of amides is 1. The second kappa shape index (κ2) is 10.9. The van der Waals surface area contributed by atoms with E-state index in [0.29, 0.717) is 18.2 Å². The number of carbonyl (C=O) groups is 1. The topological polar surface area (TPSA) is 97.1 Å². The van der Waals surface area contributed by atoms with Crippen molar-refractivity contribution < 1.29 is 4.79 Å². The fourth-order valence-electron chi connectivity index (χ4n) is 2.51. The van der Waals surface area contributed by atoms with Gasteiger partial charge in [0.1, 0.15) is 0 Å². The third-order valence-corrected chi connectivity index (χ3v) is 5.02. The molecule has 3 aromatic rings. The molecule has 0 saturated heterocycles. The van der Waals surface area contributed by atoms with Crippen LogP contribution in [0.15, 0.2) is 71.7 Å². The average molecular weight is 422 g/mol. The summed E-state index contributed by atoms with van der Waals surface area (Å²) >= 11 is 1.30. The smallest absolute Gasteiger partial charge is 0.250 e. The van der Waals surface area contributed by atoms with Gasteiger partial charge in [-0.15, -0.1) is 16.8 Å². The molecule has 0 atom stereocenters. The molecule has 0 saturated carbocycles. The van der Waals surface area contributed by atoms with Crippen LogP contribution in [-0.2, 0) is 17.9 Å². The minimum absolute atomic E-state index is 0.175. The van der Waals surface area contributed by atoms with Gasteiger partial charge in [0.2, 0.25) is 0 Å². The molecule has 2 aromatic heterocycles. The van der Waals surface area contributed by atoms with Gasteiger partial charge in [-0.25, -0.2) is 5.43 Å². The Bertz CT molecular complexity index is 1000. The fourth-order valence-corrected chi connectivity index (χ4v) is 3.27. The van der Waals surface area contributed by atoms with Crippen molar-refractivity contribution in [3.63, 3.8) is 0 Å². The van der Waals surface area contributed by atoms with Crippen LogP contribution in [-0.4, -0.2) is 37.6 Å². The first-order chi connectivity index (χ1) is 14.7. The van der Waals surface area contributed by atoms with Crippen LogP contribution in [0.5, 0.6) is 0 Å². The van der Waals surface area contributed by atoms with Crippen molar-refractivity contribution in [1.29, 1.82) is 0 Å². The van der Waals surface area contributed by atoms with Gasteiger partial charge in [0, 0.05) is 24.6 Å². The van der Waals surface area contributed by atoms with Gasteiger partial charge in [-0.1, -0.05) is 35.5 Å². The summed E-state index contributed by atoms with van der Waals surface area (Å²) in [4.78, 5) is 16.0. The van der Waals surface area contributed by atoms with E-state index in [0.717, 1.165) is 17.1 Å². The van der Waals surface area contributed by atoms with E-state index in [4.69, 9.17) is 0 Å². The molecule has 2 heterocycles. The number of aromatic nitrogens is 4. The van der Waals surface area contributed by atoms with Crippen molar-refractivity contribution in [2.24, 2.45) is 5.10 Å². The van der Waals surface area contributed by atoms with Gasteiger partial charge in [0.15, 0.2) is 11.0 Å². The van der Waals surface area contributed by atoms with E-state index in [-0.39, 0.29) is 11.7 Å². The normalized spacial score (nSPS) is 10.8. The standard InChI is InChI=1S/C21H23N7OS/c1-3-12-28-19(14-23-18-6-4-16(2)5-7-18)25-27-21(28)30-15-20(29)26-24-13-17-8-10-22-11-9-17/h3-11,13,23H,1,12,14-15H2,2H3,(H,26,29)/b24-13-. The Hall–Kier alpha value is -3.46. The van der Waals surface area contributed by atoms with Gasteiger partial charge < -0.3 is 9.88 Å². The summed E-state index contributed by atoms with van der Waals surface area (Å²) < 4.78 is 1.94. The Labute approximate surface area is 179 Å². The molecule has 0 radical (unpaired) electrons. The summed E-state index contributed by atoms with van der Waals surface area (Å²) in [6.07, 6.45) is 6.68. The first-order valence-corrected chi connectivity index (χ1v) is 10.3. The molecule has 1 aromatic carbocycles. The number of thioether (sulfide) groups is 1. The zero-order chi connectivity index (χ0) is 21.2. The first kappa shape index (κ1) is 21.3. The Kier molecular flexibility index (Phi) is 7.73. The number of pyridine rings is 1. The van der Waals surface area contributed by atoms with E-state index < -0.39 is 0 Å². The van der Waals surface area contributed by atoms with Gasteiger partial charge in [-0.2, -0.15) is 5.10 Å². The number of anilines is 1. The number of hydrazone groups is 1. The molecule has 0 fully saturated rings. The number of benzene rings is 1. The molecule has 8 nitrogen and oxygen atoms in total. The molecule has 3 rings (SSSR count). The van der Waals surface area contributed by atoms with Gasteiger partial charge in [-0.3, -0.25) is 9.78 Å². The molecule has 2 N–H and O–H groups in total. The maximum absolute atomic E-state index is 12.1. The Morgan fingerprint density at radius 1 is 1.20 bits per heavy atom. The van der Waals surface area contributed by atoms with E-state index in [2.05, 4.69) is 44.5 Å². The van der Waals surface area contributed by atoms with Gasteiger partial charge in [0.05, 0.1) is 18.5 Å². The second-order valence-electron chi connectivity index (χ2n) is 6.38. The predicted octanol–water partition coefficient (Wildman–Crippen LogP) is 3.02. The minimum atomic E-state index is -0.224. The summed E-state index contributed by atoms with van der Waals surface area (Å²) in [5.41, 5.74) is 5.58. The Morgan fingerprint density at radius 3 is 2.70 bits per heavy atom. The molecule has 0 bridgehead atoms. The van der Waals surface area contributed by atoms with Crippen LogP contribution < -0.4 is 10.7 Å². The Balaban J connectivity index is 1.54. The first-order valence-electron chi connectivity index (χ1n) is 9.34. The third kappa shape index (κ3) is 6.28. The lowest BCUT2D eigenvalue weighted by Crippen LogP contribution is -2.20. The molecule has 1 amide bonds. The molecule has 0 aliphatic rings. The summed E-state index contributed by atoms with van der Waals surface area (Å²) in [7, 11) is 0. The number of hydrogen-bond donors (Lipinski definition) is 2. The van der Waals surface area contributed by atoms with E-state index in [1.807, 2.05) is 28.8 Å². The number of nitrogens with one attached hydrogen (secondary N) is 2. The van der Waals surface area contributed by atoms with Gasteiger partial charge >= 0.3 is 0 Å². The van der Waals surface area contributed by atoms with Crippen molar-refractivity contribution >= 4 is 29.6 Å². The molecule has 0 unspecified atom stereocenters. The van der Waals surface area contributed by atoms with Crippen molar-refractivity contribution in [3.05, 3.63) is 78.4 Å². The quantitative estimate of drug-likeness (QED) is 0.226. The van der Waals surface area contributed by atoms with Crippen LogP contribution in [0.4, 0.5) is 5.69 Å². The number of hydrogen-bond acceptors (Lipinski definition) is 7. The zero-order valence-electron chi connectivity index (χ0n) is 16.7. The number of carbonyl (C=O) groups excluding carboxylic acids is 1. The van der Waals surface area contributed by atoms with E-state index >= 15 is 0 Å². The highest BCUT2D eigenvalue weighted by Gasteiger charge is 2.13. The lowest BCUT2D eigenvalue weighted by atomic mass is 10.2. The molecule has 30 heavy (non-hydrogen) atoms. The summed E-state index contributed by atoms with van der Waals surface area (Å²) in [5.74, 6) is 0.723. The zero-order valence-corrected chi connectivity index (χ0v) is 17.5. The van der Waals surface area contributed by atoms with E-state index in [9.17, 15) is 4.79 Å². The van der Waals surface area contributed by atoms with Gasteiger partial charge in [-0.05, 0) is 36.8 Å². The number of allylic oxidation sites excluding steroid dienone is 1. The molecule has 0 aliphatic heterocycles. The second-order valence-corrected chi connectivity index (χ2v) is 7.32. The molecular formula is C21H23N7OS. The summed E-state index contributed by atoms with van der Waals surface area (Å²) in [5, 5.41) is 16.4.